The molecule has 0 atom stereocenters. The largest absolute Gasteiger partial charge is 0.311 e. The number of hydrogen-bond acceptors (Lipinski definition) is 1. The second kappa shape index (κ2) is 22.6. The van der Waals surface area contributed by atoms with E-state index in [4.69, 9.17) is 0 Å². The summed E-state index contributed by atoms with van der Waals surface area (Å²) in [5.41, 5.74) is 26.8. The molecule has 3 nitrogen and oxygen atoms in total. The van der Waals surface area contributed by atoms with Crippen LogP contribution in [0.15, 0.2) is 358 Å². The summed E-state index contributed by atoms with van der Waals surface area (Å²) in [6, 6.07) is 131. The highest BCUT2D eigenvalue weighted by atomic mass is 15.1. The molecule has 0 aliphatic carbocycles. The number of para-hydroxylation sites is 3. The molecule has 426 valence electrons. The minimum absolute atomic E-state index is 1.07. The van der Waals surface area contributed by atoms with Crippen molar-refractivity contribution in [1.82, 2.24) is 9.13 Å². The Hall–Kier alpha value is -12.0. The van der Waals surface area contributed by atoms with Gasteiger partial charge in [-0.05, 0) is 192 Å². The molecule has 91 heavy (non-hydrogen) atoms. The summed E-state index contributed by atoms with van der Waals surface area (Å²) in [6.07, 6.45) is 0. The van der Waals surface area contributed by atoms with Gasteiger partial charge in [0.25, 0.3) is 0 Å². The monoisotopic (exact) mass is 1160 g/mol. The smallest absolute Gasteiger partial charge is 0.0547 e. The summed E-state index contributed by atoms with van der Waals surface area (Å²) in [6.45, 7) is 0. The van der Waals surface area contributed by atoms with Crippen LogP contribution in [-0.4, -0.2) is 9.13 Å². The van der Waals surface area contributed by atoms with Gasteiger partial charge < -0.3 is 14.0 Å². The van der Waals surface area contributed by atoms with Crippen LogP contribution < -0.4 is 4.90 Å². The van der Waals surface area contributed by atoms with Gasteiger partial charge in [0.05, 0.1) is 22.1 Å². The van der Waals surface area contributed by atoms with Crippen LogP contribution in [0.2, 0.25) is 0 Å². The minimum atomic E-state index is 1.07. The van der Waals surface area contributed by atoms with E-state index in [1.807, 2.05) is 0 Å². The third kappa shape index (κ3) is 9.73. The summed E-state index contributed by atoms with van der Waals surface area (Å²) >= 11 is 0. The fourth-order valence-electron chi connectivity index (χ4n) is 13.9. The Kier molecular flexibility index (Phi) is 13.2. The number of benzene rings is 15. The van der Waals surface area contributed by atoms with Crippen molar-refractivity contribution in [1.29, 1.82) is 0 Å². The highest BCUT2D eigenvalue weighted by molar-refractivity contribution is 6.11. The van der Waals surface area contributed by atoms with Crippen LogP contribution in [0.25, 0.3) is 144 Å². The maximum Gasteiger partial charge on any atom is 0.0547 e. The summed E-state index contributed by atoms with van der Waals surface area (Å²) in [5, 5.41) is 7.49. The van der Waals surface area contributed by atoms with Gasteiger partial charge in [-0.3, -0.25) is 0 Å². The van der Waals surface area contributed by atoms with Crippen LogP contribution in [0.1, 0.15) is 0 Å². The van der Waals surface area contributed by atoms with Gasteiger partial charge in [0.2, 0.25) is 0 Å². The molecule has 3 heteroatoms. The molecule has 15 aromatic carbocycles. The highest BCUT2D eigenvalue weighted by Crippen LogP contribution is 2.42. The molecule has 2 aromatic heterocycles. The fraction of sp³-hybridized carbons (Fsp3) is 0. The summed E-state index contributed by atoms with van der Waals surface area (Å²) in [7, 11) is 0. The second-order valence-corrected chi connectivity index (χ2v) is 23.7. The molecule has 0 aliphatic heterocycles. The van der Waals surface area contributed by atoms with Crippen LogP contribution in [0.4, 0.5) is 17.1 Å². The molecule has 17 aromatic rings. The van der Waals surface area contributed by atoms with Gasteiger partial charge in [0.15, 0.2) is 0 Å². The second-order valence-electron chi connectivity index (χ2n) is 23.7. The van der Waals surface area contributed by atoms with E-state index in [0.717, 1.165) is 56.3 Å². The van der Waals surface area contributed by atoms with Gasteiger partial charge in [0, 0.05) is 50.0 Å². The molecule has 0 bridgehead atoms. The predicted molar refractivity (Wildman–Crippen MR) is 385 cm³/mol. The van der Waals surface area contributed by atoms with E-state index in [9.17, 15) is 0 Å². The zero-order valence-electron chi connectivity index (χ0n) is 49.9. The molecule has 0 N–H and O–H groups in total. The Bertz CT molecular complexity index is 5520. The van der Waals surface area contributed by atoms with Crippen LogP contribution in [-0.2, 0) is 0 Å². The lowest BCUT2D eigenvalue weighted by molar-refractivity contribution is 1.18. The van der Waals surface area contributed by atoms with Gasteiger partial charge in [-0.25, -0.2) is 0 Å². The van der Waals surface area contributed by atoms with E-state index in [1.165, 1.54) is 104 Å². The van der Waals surface area contributed by atoms with Crippen molar-refractivity contribution in [2.24, 2.45) is 0 Å². The lowest BCUT2D eigenvalue weighted by Gasteiger charge is -2.26. The van der Waals surface area contributed by atoms with Crippen molar-refractivity contribution in [3.63, 3.8) is 0 Å². The third-order valence-electron chi connectivity index (χ3n) is 18.3. The number of fused-ring (bicyclic) bond motifs is 7. The Labute approximate surface area is 529 Å². The van der Waals surface area contributed by atoms with E-state index in [-0.39, 0.29) is 0 Å². The number of anilines is 3. The summed E-state index contributed by atoms with van der Waals surface area (Å²) in [5.74, 6) is 0. The average molecular weight is 1160 g/mol. The van der Waals surface area contributed by atoms with Crippen molar-refractivity contribution >= 4 is 71.4 Å². The average Bonchev–Trinajstić information content (AvgIpc) is 1.88. The molecular formula is C88H59N3. The highest BCUT2D eigenvalue weighted by Gasteiger charge is 2.19. The molecule has 17 rings (SSSR count). The topological polar surface area (TPSA) is 13.1 Å². The predicted octanol–water partition coefficient (Wildman–Crippen LogP) is 24.2. The Balaban J connectivity index is 0.706. The van der Waals surface area contributed by atoms with Crippen LogP contribution in [0.5, 0.6) is 0 Å². The molecular weight excluding hydrogens is 1100 g/mol. The van der Waals surface area contributed by atoms with Crippen LogP contribution in [0.3, 0.4) is 0 Å². The van der Waals surface area contributed by atoms with Crippen molar-refractivity contribution in [3.05, 3.63) is 358 Å². The first-order valence-corrected chi connectivity index (χ1v) is 31.3. The Morgan fingerprint density at radius 2 is 0.484 bits per heavy atom. The van der Waals surface area contributed by atoms with Gasteiger partial charge >= 0.3 is 0 Å². The maximum atomic E-state index is 2.42. The van der Waals surface area contributed by atoms with E-state index in [0.29, 0.717) is 0 Å². The molecule has 0 spiro atoms. The van der Waals surface area contributed by atoms with E-state index < -0.39 is 0 Å². The van der Waals surface area contributed by atoms with E-state index >= 15 is 0 Å². The number of rotatable bonds is 12. The van der Waals surface area contributed by atoms with Crippen LogP contribution >= 0.6 is 0 Å². The molecule has 0 unspecified atom stereocenters. The number of nitrogens with zero attached hydrogens (tertiary/aromatic N) is 3. The SMILES string of the molecule is c1ccc(-c2cccc(-n3c4ccccc4c4ccc(-c5cccc(-c6ccc(N(c7ccc(-c8cccc(-c9cccc(-n%10c%11ccccc%11c%11ccccc%11%10)c9)c8)cc7)c7ccc(-c8cccc(-c9cccc%10ccccc9%10)c8)cc7)cc6)c5)cc43)c2)cc1. The quantitative estimate of drug-likeness (QED) is 0.119. The standard InChI is InChI=1S/C88H59N3/c1-2-18-60(19-3-1)70-27-15-31-78(57-70)91-87-39-11-8-35-83(87)84-53-46-72(59-88(84)91)69-26-13-23-66(55-69)62-42-49-75(50-43-62)89(76-51-44-63(45-52-76)67-24-14-29-73(56-67)80-36-17-21-64-20-4-5-32-79(64)80)74-47-40-61(41-48-74)65-22-12-25-68(54-65)71-28-16-30-77(58-71)90-85-37-9-6-33-81(85)82-34-7-10-38-86(82)90/h1-59H. The first kappa shape index (κ1) is 53.2. The normalized spacial score (nSPS) is 11.5. The fourth-order valence-corrected chi connectivity index (χ4v) is 13.9. The Morgan fingerprint density at radius 3 is 0.989 bits per heavy atom. The van der Waals surface area contributed by atoms with Crippen LogP contribution in [0, 0.1) is 0 Å². The van der Waals surface area contributed by atoms with Crippen molar-refractivity contribution in [2.45, 2.75) is 0 Å². The lowest BCUT2D eigenvalue weighted by Crippen LogP contribution is -2.09. The molecule has 0 radical (unpaired) electrons. The maximum absolute atomic E-state index is 2.42. The molecule has 0 fully saturated rings. The third-order valence-corrected chi connectivity index (χ3v) is 18.3. The first-order chi connectivity index (χ1) is 45.1. The zero-order valence-corrected chi connectivity index (χ0v) is 49.9. The number of aromatic nitrogens is 2. The van der Waals surface area contributed by atoms with Crippen molar-refractivity contribution in [3.8, 4) is 89.3 Å². The van der Waals surface area contributed by atoms with Gasteiger partial charge in [-0.15, -0.1) is 0 Å². The van der Waals surface area contributed by atoms with E-state index in [2.05, 4.69) is 372 Å². The molecule has 0 amide bonds. The van der Waals surface area contributed by atoms with Crippen molar-refractivity contribution < 1.29 is 0 Å². The van der Waals surface area contributed by atoms with E-state index in [1.54, 1.807) is 0 Å². The molecule has 0 aliphatic rings. The molecule has 2 heterocycles. The van der Waals surface area contributed by atoms with Gasteiger partial charge in [0.1, 0.15) is 0 Å². The molecule has 0 saturated carbocycles. The number of hydrogen-bond donors (Lipinski definition) is 0. The first-order valence-electron chi connectivity index (χ1n) is 31.3. The zero-order chi connectivity index (χ0) is 60.2. The van der Waals surface area contributed by atoms with Gasteiger partial charge in [-0.1, -0.05) is 255 Å². The van der Waals surface area contributed by atoms with Crippen molar-refractivity contribution in [2.75, 3.05) is 4.90 Å². The minimum Gasteiger partial charge on any atom is -0.311 e. The lowest BCUT2D eigenvalue weighted by atomic mass is 9.95. The van der Waals surface area contributed by atoms with Gasteiger partial charge in [-0.2, -0.15) is 0 Å². The summed E-state index contributed by atoms with van der Waals surface area (Å²) in [4.78, 5) is 2.38. The summed E-state index contributed by atoms with van der Waals surface area (Å²) < 4.78 is 4.81. The molecule has 0 saturated heterocycles. The Morgan fingerprint density at radius 1 is 0.176 bits per heavy atom.